The van der Waals surface area contributed by atoms with Crippen molar-refractivity contribution in [2.75, 3.05) is 18.0 Å². The summed E-state index contributed by atoms with van der Waals surface area (Å²) in [6.45, 7) is 9.04. The lowest BCUT2D eigenvalue weighted by Gasteiger charge is -2.39. The molecule has 0 aliphatic carbocycles. The van der Waals surface area contributed by atoms with E-state index in [0.717, 1.165) is 24.7 Å². The van der Waals surface area contributed by atoms with Gasteiger partial charge < -0.3 is 4.90 Å². The highest BCUT2D eigenvalue weighted by Crippen LogP contribution is 2.35. The van der Waals surface area contributed by atoms with Crippen molar-refractivity contribution >= 4 is 5.69 Å². The van der Waals surface area contributed by atoms with E-state index in [0.29, 0.717) is 5.41 Å². The Morgan fingerprint density at radius 2 is 1.82 bits per heavy atom. The van der Waals surface area contributed by atoms with Gasteiger partial charge in [0, 0.05) is 18.8 Å². The van der Waals surface area contributed by atoms with Crippen LogP contribution in [0.3, 0.4) is 0 Å². The summed E-state index contributed by atoms with van der Waals surface area (Å²) in [5.74, 6) is 0.646. The van der Waals surface area contributed by atoms with Crippen molar-refractivity contribution in [3.05, 3.63) is 30.1 Å². The predicted octanol–water partition coefficient (Wildman–Crippen LogP) is 4.09. The molecule has 2 heteroatoms. The predicted molar refractivity (Wildman–Crippen MR) is 70.8 cm³/mol. The topological polar surface area (TPSA) is 3.24 Å². The van der Waals surface area contributed by atoms with Crippen LogP contribution in [-0.4, -0.2) is 13.1 Å². The van der Waals surface area contributed by atoms with Gasteiger partial charge in [-0.15, -0.1) is 0 Å². The standard InChI is InChI=1S/C15H22FN/c1-15(2,3)12-7-9-17(10-8-12)14-6-4-5-13(16)11-14/h4-6,11-12H,7-10H2,1-3H3. The van der Waals surface area contributed by atoms with E-state index in [1.54, 1.807) is 12.1 Å². The van der Waals surface area contributed by atoms with Crippen LogP contribution in [0.2, 0.25) is 0 Å². The zero-order valence-electron chi connectivity index (χ0n) is 11.0. The Kier molecular flexibility index (Phi) is 3.41. The molecule has 0 unspecified atom stereocenters. The van der Waals surface area contributed by atoms with E-state index in [1.807, 2.05) is 6.07 Å². The van der Waals surface area contributed by atoms with Crippen LogP contribution in [0.4, 0.5) is 10.1 Å². The van der Waals surface area contributed by atoms with Crippen LogP contribution in [0.15, 0.2) is 24.3 Å². The molecule has 0 N–H and O–H groups in total. The lowest BCUT2D eigenvalue weighted by molar-refractivity contribution is 0.199. The third-order valence-corrected chi connectivity index (χ3v) is 3.89. The molecule has 17 heavy (non-hydrogen) atoms. The molecular weight excluding hydrogens is 213 g/mol. The van der Waals surface area contributed by atoms with Crippen LogP contribution < -0.4 is 4.90 Å². The summed E-state index contributed by atoms with van der Waals surface area (Å²) in [6, 6.07) is 6.93. The van der Waals surface area contributed by atoms with Crippen molar-refractivity contribution in [2.24, 2.45) is 11.3 Å². The second kappa shape index (κ2) is 4.67. The highest BCUT2D eigenvalue weighted by molar-refractivity contribution is 5.46. The fraction of sp³-hybridized carbons (Fsp3) is 0.600. The molecule has 94 valence electrons. The summed E-state index contributed by atoms with van der Waals surface area (Å²) in [7, 11) is 0. The molecule has 1 aromatic rings. The second-order valence-corrected chi connectivity index (χ2v) is 6.11. The van der Waals surface area contributed by atoms with Gasteiger partial charge in [0.15, 0.2) is 0 Å². The molecule has 1 nitrogen and oxygen atoms in total. The van der Waals surface area contributed by atoms with Crippen molar-refractivity contribution in [3.63, 3.8) is 0 Å². The zero-order valence-corrected chi connectivity index (χ0v) is 11.0. The normalized spacial score (nSPS) is 18.5. The Balaban J connectivity index is 2.00. The second-order valence-electron chi connectivity index (χ2n) is 6.11. The average Bonchev–Trinajstić information content (AvgIpc) is 2.28. The van der Waals surface area contributed by atoms with E-state index >= 15 is 0 Å². The largest absolute Gasteiger partial charge is 0.371 e. The van der Waals surface area contributed by atoms with Gasteiger partial charge in [0.05, 0.1) is 0 Å². The van der Waals surface area contributed by atoms with Crippen LogP contribution >= 0.6 is 0 Å². The summed E-state index contributed by atoms with van der Waals surface area (Å²) < 4.78 is 13.2. The molecule has 1 aliphatic heterocycles. The molecule has 0 atom stereocenters. The fourth-order valence-corrected chi connectivity index (χ4v) is 2.68. The number of piperidine rings is 1. The fourth-order valence-electron chi connectivity index (χ4n) is 2.68. The zero-order chi connectivity index (χ0) is 12.5. The first kappa shape index (κ1) is 12.4. The molecule has 0 saturated carbocycles. The number of hydrogen-bond donors (Lipinski definition) is 0. The van der Waals surface area contributed by atoms with Crippen molar-refractivity contribution in [2.45, 2.75) is 33.6 Å². The van der Waals surface area contributed by atoms with Gasteiger partial charge in [-0.2, -0.15) is 0 Å². The average molecular weight is 235 g/mol. The van der Waals surface area contributed by atoms with Gasteiger partial charge in [0.2, 0.25) is 0 Å². The Morgan fingerprint density at radius 3 is 2.35 bits per heavy atom. The lowest BCUT2D eigenvalue weighted by Crippen LogP contribution is -2.38. The van der Waals surface area contributed by atoms with E-state index in [9.17, 15) is 4.39 Å². The van der Waals surface area contributed by atoms with Crippen molar-refractivity contribution in [1.82, 2.24) is 0 Å². The molecule has 2 rings (SSSR count). The Bertz CT molecular complexity index is 373. The molecule has 1 aromatic carbocycles. The third-order valence-electron chi connectivity index (χ3n) is 3.89. The highest BCUT2D eigenvalue weighted by Gasteiger charge is 2.28. The number of nitrogens with zero attached hydrogens (tertiary/aromatic N) is 1. The van der Waals surface area contributed by atoms with Crippen LogP contribution in [0.25, 0.3) is 0 Å². The molecule has 0 amide bonds. The molecule has 1 heterocycles. The van der Waals surface area contributed by atoms with Gasteiger partial charge in [-0.1, -0.05) is 26.8 Å². The van der Waals surface area contributed by atoms with E-state index in [-0.39, 0.29) is 5.82 Å². The third kappa shape index (κ3) is 2.99. The minimum absolute atomic E-state index is 0.138. The molecular formula is C15H22FN. The van der Waals surface area contributed by atoms with E-state index in [2.05, 4.69) is 25.7 Å². The monoisotopic (exact) mass is 235 g/mol. The summed E-state index contributed by atoms with van der Waals surface area (Å²) in [4.78, 5) is 2.30. The summed E-state index contributed by atoms with van der Waals surface area (Å²) in [5, 5.41) is 0. The number of benzene rings is 1. The number of rotatable bonds is 1. The maximum atomic E-state index is 13.2. The van der Waals surface area contributed by atoms with Crippen LogP contribution in [-0.2, 0) is 0 Å². The quantitative estimate of drug-likeness (QED) is 0.708. The van der Waals surface area contributed by atoms with Gasteiger partial charge in [0.25, 0.3) is 0 Å². The molecule has 0 spiro atoms. The molecule has 0 bridgehead atoms. The summed E-state index contributed by atoms with van der Waals surface area (Å²) >= 11 is 0. The van der Waals surface area contributed by atoms with Gasteiger partial charge in [0.1, 0.15) is 5.82 Å². The van der Waals surface area contributed by atoms with Gasteiger partial charge >= 0.3 is 0 Å². The van der Waals surface area contributed by atoms with Crippen LogP contribution in [0.5, 0.6) is 0 Å². The van der Waals surface area contributed by atoms with Crippen molar-refractivity contribution < 1.29 is 4.39 Å². The first-order chi connectivity index (χ1) is 7.97. The maximum absolute atomic E-state index is 13.2. The van der Waals surface area contributed by atoms with E-state index in [1.165, 1.54) is 18.9 Å². The SMILES string of the molecule is CC(C)(C)C1CCN(c2cccc(F)c2)CC1. The summed E-state index contributed by atoms with van der Waals surface area (Å²) in [5.41, 5.74) is 1.42. The molecule has 1 aliphatic rings. The van der Waals surface area contributed by atoms with Crippen molar-refractivity contribution in [3.8, 4) is 0 Å². The Labute approximate surface area is 104 Å². The molecule has 0 aromatic heterocycles. The maximum Gasteiger partial charge on any atom is 0.125 e. The Morgan fingerprint density at radius 1 is 1.18 bits per heavy atom. The van der Waals surface area contributed by atoms with Crippen LogP contribution in [0, 0.1) is 17.2 Å². The van der Waals surface area contributed by atoms with E-state index < -0.39 is 0 Å². The van der Waals surface area contributed by atoms with Crippen molar-refractivity contribution in [1.29, 1.82) is 0 Å². The summed E-state index contributed by atoms with van der Waals surface area (Å²) in [6.07, 6.45) is 2.42. The first-order valence-corrected chi connectivity index (χ1v) is 6.47. The van der Waals surface area contributed by atoms with Gasteiger partial charge in [-0.3, -0.25) is 0 Å². The number of anilines is 1. The smallest absolute Gasteiger partial charge is 0.125 e. The minimum atomic E-state index is -0.138. The number of halogens is 1. The number of hydrogen-bond acceptors (Lipinski definition) is 1. The molecule has 0 radical (unpaired) electrons. The van der Waals surface area contributed by atoms with Crippen LogP contribution in [0.1, 0.15) is 33.6 Å². The lowest BCUT2D eigenvalue weighted by atomic mass is 9.75. The van der Waals surface area contributed by atoms with Gasteiger partial charge in [-0.05, 0) is 42.4 Å². The first-order valence-electron chi connectivity index (χ1n) is 6.47. The highest BCUT2D eigenvalue weighted by atomic mass is 19.1. The minimum Gasteiger partial charge on any atom is -0.371 e. The van der Waals surface area contributed by atoms with Gasteiger partial charge in [-0.25, -0.2) is 4.39 Å². The molecule has 1 fully saturated rings. The molecule has 1 saturated heterocycles. The van der Waals surface area contributed by atoms with E-state index in [4.69, 9.17) is 0 Å². The Hall–Kier alpha value is -1.05.